The molecule has 2 atom stereocenters. The van der Waals surface area contributed by atoms with Gasteiger partial charge in [-0.05, 0) is 44.6 Å². The molecule has 0 radical (unpaired) electrons. The highest BCUT2D eigenvalue weighted by Crippen LogP contribution is 2.25. The van der Waals surface area contributed by atoms with Gasteiger partial charge in [0.25, 0.3) is 0 Å². The third-order valence-corrected chi connectivity index (χ3v) is 3.23. The van der Waals surface area contributed by atoms with Crippen LogP contribution in [0.2, 0.25) is 0 Å². The predicted molar refractivity (Wildman–Crippen MR) is 52.1 cm³/mol. The van der Waals surface area contributed by atoms with Crippen molar-refractivity contribution in [1.29, 1.82) is 0 Å². The Bertz CT molecular complexity index is 156. The summed E-state index contributed by atoms with van der Waals surface area (Å²) in [6.45, 7) is 1.25. The molecular formula is C11H19N. The van der Waals surface area contributed by atoms with Gasteiger partial charge in [-0.2, -0.15) is 0 Å². The van der Waals surface area contributed by atoms with E-state index in [-0.39, 0.29) is 0 Å². The Morgan fingerprint density at radius 1 is 1.08 bits per heavy atom. The molecule has 1 heterocycles. The van der Waals surface area contributed by atoms with Gasteiger partial charge >= 0.3 is 0 Å². The van der Waals surface area contributed by atoms with Crippen molar-refractivity contribution in [3.05, 3.63) is 12.2 Å². The molecule has 1 heteroatoms. The highest BCUT2D eigenvalue weighted by Gasteiger charge is 2.22. The van der Waals surface area contributed by atoms with E-state index in [4.69, 9.17) is 0 Å². The molecule has 0 aromatic heterocycles. The third kappa shape index (κ3) is 1.89. The van der Waals surface area contributed by atoms with Gasteiger partial charge in [0.15, 0.2) is 0 Å². The smallest absolute Gasteiger partial charge is 0.00984 e. The fourth-order valence-electron chi connectivity index (χ4n) is 2.46. The zero-order valence-corrected chi connectivity index (χ0v) is 7.76. The van der Waals surface area contributed by atoms with Gasteiger partial charge in [0.1, 0.15) is 0 Å². The fraction of sp³-hybridized carbons (Fsp3) is 0.818. The molecule has 0 aromatic carbocycles. The highest BCUT2D eigenvalue weighted by atomic mass is 14.9. The van der Waals surface area contributed by atoms with E-state index in [0.717, 1.165) is 12.0 Å². The van der Waals surface area contributed by atoms with E-state index in [1.807, 2.05) is 0 Å². The first kappa shape index (κ1) is 8.31. The first-order valence-electron chi connectivity index (χ1n) is 5.35. The van der Waals surface area contributed by atoms with Gasteiger partial charge in [-0.1, -0.05) is 18.6 Å². The Morgan fingerprint density at radius 2 is 2.08 bits per heavy atom. The van der Waals surface area contributed by atoms with Gasteiger partial charge < -0.3 is 5.32 Å². The van der Waals surface area contributed by atoms with Crippen LogP contribution in [0.1, 0.15) is 38.5 Å². The van der Waals surface area contributed by atoms with Gasteiger partial charge in [-0.15, -0.1) is 0 Å². The van der Waals surface area contributed by atoms with Crippen molar-refractivity contribution in [3.63, 3.8) is 0 Å². The summed E-state index contributed by atoms with van der Waals surface area (Å²) >= 11 is 0. The maximum absolute atomic E-state index is 3.65. The van der Waals surface area contributed by atoms with E-state index in [9.17, 15) is 0 Å². The molecule has 1 nitrogen and oxygen atoms in total. The molecule has 2 aliphatic rings. The highest BCUT2D eigenvalue weighted by molar-refractivity contribution is 4.94. The Morgan fingerprint density at radius 3 is 2.75 bits per heavy atom. The second-order valence-corrected chi connectivity index (χ2v) is 4.10. The Labute approximate surface area is 75.2 Å². The van der Waals surface area contributed by atoms with Crippen molar-refractivity contribution < 1.29 is 0 Å². The molecule has 1 N–H and O–H groups in total. The average Bonchev–Trinajstić information content (AvgIpc) is 2.21. The van der Waals surface area contributed by atoms with Gasteiger partial charge in [0.05, 0.1) is 0 Å². The van der Waals surface area contributed by atoms with Crippen LogP contribution in [0.5, 0.6) is 0 Å². The molecule has 0 spiro atoms. The minimum Gasteiger partial charge on any atom is -0.314 e. The molecule has 68 valence electrons. The van der Waals surface area contributed by atoms with Crippen LogP contribution in [0.4, 0.5) is 0 Å². The SMILES string of the molecule is C1=CCC(C2CCCCN2)CC1. The number of hydrogen-bond donors (Lipinski definition) is 1. The molecular weight excluding hydrogens is 146 g/mol. The summed E-state index contributed by atoms with van der Waals surface area (Å²) in [5.74, 6) is 0.940. The Hall–Kier alpha value is -0.300. The van der Waals surface area contributed by atoms with Crippen molar-refractivity contribution in [3.8, 4) is 0 Å². The quantitative estimate of drug-likeness (QED) is 0.589. The lowest BCUT2D eigenvalue weighted by molar-refractivity contribution is 0.278. The van der Waals surface area contributed by atoms with Crippen molar-refractivity contribution in [2.75, 3.05) is 6.54 Å². The molecule has 2 unspecified atom stereocenters. The van der Waals surface area contributed by atoms with E-state index in [1.165, 1.54) is 45.1 Å². The monoisotopic (exact) mass is 165 g/mol. The van der Waals surface area contributed by atoms with Crippen LogP contribution in [0.3, 0.4) is 0 Å². The summed E-state index contributed by atoms with van der Waals surface area (Å²) in [6, 6.07) is 0.837. The van der Waals surface area contributed by atoms with Gasteiger partial charge in [-0.3, -0.25) is 0 Å². The lowest BCUT2D eigenvalue weighted by Crippen LogP contribution is -2.40. The molecule has 0 amide bonds. The van der Waals surface area contributed by atoms with Crippen molar-refractivity contribution in [2.45, 2.75) is 44.6 Å². The third-order valence-electron chi connectivity index (χ3n) is 3.23. The Balaban J connectivity index is 1.85. The van der Waals surface area contributed by atoms with Crippen LogP contribution in [-0.4, -0.2) is 12.6 Å². The normalized spacial score (nSPS) is 36.7. The van der Waals surface area contributed by atoms with E-state index in [0.29, 0.717) is 0 Å². The number of piperidine rings is 1. The maximum Gasteiger partial charge on any atom is 0.00984 e. The second-order valence-electron chi connectivity index (χ2n) is 4.10. The minimum atomic E-state index is 0.837. The molecule has 1 aliphatic heterocycles. The predicted octanol–water partition coefficient (Wildman–Crippen LogP) is 2.48. The first-order chi connectivity index (χ1) is 5.97. The number of rotatable bonds is 1. The van der Waals surface area contributed by atoms with Gasteiger partial charge in [0, 0.05) is 6.04 Å². The molecule has 2 rings (SSSR count). The lowest BCUT2D eigenvalue weighted by atomic mass is 9.84. The standard InChI is InChI=1S/C11H19N/c1-2-6-10(7-3-1)11-8-4-5-9-12-11/h1-2,10-12H,3-9H2. The maximum atomic E-state index is 3.65. The topological polar surface area (TPSA) is 12.0 Å². The zero-order valence-electron chi connectivity index (χ0n) is 7.76. The van der Waals surface area contributed by atoms with E-state index < -0.39 is 0 Å². The summed E-state index contributed by atoms with van der Waals surface area (Å²) in [5, 5.41) is 3.65. The summed E-state index contributed by atoms with van der Waals surface area (Å²) in [4.78, 5) is 0. The number of allylic oxidation sites excluding steroid dienone is 2. The average molecular weight is 165 g/mol. The summed E-state index contributed by atoms with van der Waals surface area (Å²) < 4.78 is 0. The first-order valence-corrected chi connectivity index (χ1v) is 5.35. The molecule has 0 bridgehead atoms. The summed E-state index contributed by atoms with van der Waals surface area (Å²) in [6.07, 6.45) is 13.0. The van der Waals surface area contributed by atoms with Crippen LogP contribution in [-0.2, 0) is 0 Å². The minimum absolute atomic E-state index is 0.837. The van der Waals surface area contributed by atoms with Gasteiger partial charge in [-0.25, -0.2) is 0 Å². The van der Waals surface area contributed by atoms with Crippen LogP contribution >= 0.6 is 0 Å². The Kier molecular flexibility index (Phi) is 2.83. The van der Waals surface area contributed by atoms with Gasteiger partial charge in [0.2, 0.25) is 0 Å². The van der Waals surface area contributed by atoms with Crippen LogP contribution in [0, 0.1) is 5.92 Å². The largest absolute Gasteiger partial charge is 0.314 e. The molecule has 1 fully saturated rings. The van der Waals surface area contributed by atoms with Crippen LogP contribution in [0.25, 0.3) is 0 Å². The van der Waals surface area contributed by atoms with Crippen LogP contribution < -0.4 is 5.32 Å². The van der Waals surface area contributed by atoms with Crippen molar-refractivity contribution >= 4 is 0 Å². The van der Waals surface area contributed by atoms with Crippen molar-refractivity contribution in [1.82, 2.24) is 5.32 Å². The molecule has 1 aliphatic carbocycles. The summed E-state index contributed by atoms with van der Waals surface area (Å²) in [5.41, 5.74) is 0. The van der Waals surface area contributed by atoms with Crippen LogP contribution in [0.15, 0.2) is 12.2 Å². The number of nitrogens with one attached hydrogen (secondary N) is 1. The fourth-order valence-corrected chi connectivity index (χ4v) is 2.46. The molecule has 1 saturated heterocycles. The number of hydrogen-bond acceptors (Lipinski definition) is 1. The van der Waals surface area contributed by atoms with Crippen molar-refractivity contribution in [2.24, 2.45) is 5.92 Å². The molecule has 0 aromatic rings. The summed E-state index contributed by atoms with van der Waals surface area (Å²) in [7, 11) is 0. The second kappa shape index (κ2) is 4.08. The molecule has 0 saturated carbocycles. The molecule has 12 heavy (non-hydrogen) atoms. The van der Waals surface area contributed by atoms with E-state index in [2.05, 4.69) is 17.5 Å². The van der Waals surface area contributed by atoms with E-state index in [1.54, 1.807) is 0 Å². The zero-order chi connectivity index (χ0) is 8.23. The lowest BCUT2D eigenvalue weighted by Gasteiger charge is -2.32. The van der Waals surface area contributed by atoms with E-state index >= 15 is 0 Å².